The molecule has 0 amide bonds. The molecule has 0 spiro atoms. The first kappa shape index (κ1) is 25.7. The average molecular weight is 438 g/mol. The molecule has 0 aliphatic carbocycles. The Morgan fingerprint density at radius 3 is 0.190 bits per heavy atom. The van der Waals surface area contributed by atoms with Crippen molar-refractivity contribution in [3.8, 4) is 0 Å². The van der Waals surface area contributed by atoms with Gasteiger partial charge in [0, 0.05) is 0 Å². The molecule has 0 heterocycles. The van der Waals surface area contributed by atoms with Crippen LogP contribution in [0.25, 0.3) is 0 Å². The molecule has 0 aromatic rings. The molecule has 0 bridgehead atoms. The van der Waals surface area contributed by atoms with Crippen molar-refractivity contribution in [2.45, 2.75) is 0 Å². The molecular weight excluding hydrogens is 438 g/mol. The van der Waals surface area contributed by atoms with E-state index in [2.05, 4.69) is 0 Å². The summed E-state index contributed by atoms with van der Waals surface area (Å²) in [6.45, 7) is 0. The van der Waals surface area contributed by atoms with Crippen molar-refractivity contribution in [2.24, 2.45) is 0 Å². The van der Waals surface area contributed by atoms with Crippen molar-refractivity contribution in [3.63, 3.8) is 0 Å². The van der Waals surface area contributed by atoms with Gasteiger partial charge in [0.15, 0.2) is 0 Å². The fraction of sp³-hybridized carbons (Fsp3) is 0. The lowest BCUT2D eigenvalue weighted by Crippen LogP contribution is -1.92. The molecular formula is F18S3. The maximum Gasteiger partial charge on any atom is 0.431 e. The lowest BCUT2D eigenvalue weighted by atomic mass is 18.6. The number of hydrogen-bond donors (Lipinski definition) is 0. The van der Waals surface area contributed by atoms with E-state index in [9.17, 15) is 69.9 Å². The van der Waals surface area contributed by atoms with Crippen LogP contribution in [0.3, 0.4) is 0 Å². The first-order valence-corrected chi connectivity index (χ1v) is 8.33. The summed E-state index contributed by atoms with van der Waals surface area (Å²) in [6, 6.07) is 0. The minimum Gasteiger partial charge on any atom is -0.0719 e. The highest BCUT2D eigenvalue weighted by molar-refractivity contribution is 8.42. The number of halogens is 18. The van der Waals surface area contributed by atoms with Gasteiger partial charge in [-0.05, 0) is 0 Å². The molecule has 0 radical (unpaired) electrons. The topological polar surface area (TPSA) is 0 Å². The van der Waals surface area contributed by atoms with Gasteiger partial charge in [-0.25, -0.2) is 0 Å². The van der Waals surface area contributed by atoms with Crippen molar-refractivity contribution >= 4 is 31.8 Å². The van der Waals surface area contributed by atoms with E-state index in [1.807, 2.05) is 0 Å². The normalized spacial score (nSPS) is 23.1. The van der Waals surface area contributed by atoms with E-state index in [1.165, 1.54) is 0 Å². The summed E-state index contributed by atoms with van der Waals surface area (Å²) in [5.41, 5.74) is 0. The zero-order valence-corrected chi connectivity index (χ0v) is 10.5. The van der Waals surface area contributed by atoms with Gasteiger partial charge in [0.2, 0.25) is 0 Å². The van der Waals surface area contributed by atoms with Crippen molar-refractivity contribution in [1.82, 2.24) is 0 Å². The monoisotopic (exact) mass is 438 g/mol. The Hall–Kier alpha value is -0.210. The third-order valence-corrected chi connectivity index (χ3v) is 0. The lowest BCUT2D eigenvalue weighted by Gasteiger charge is -2.28. The first-order valence-electron chi connectivity index (χ1n) is 2.78. The van der Waals surface area contributed by atoms with Crippen molar-refractivity contribution in [3.05, 3.63) is 0 Å². The summed E-state index contributed by atoms with van der Waals surface area (Å²) in [5, 5.41) is 0. The summed E-state index contributed by atoms with van der Waals surface area (Å²) < 4.78 is 177. The molecule has 0 atom stereocenters. The molecule has 0 aromatic heterocycles. The number of rotatable bonds is 0. The average Bonchev–Trinajstić information content (AvgIpc) is 1.19. The zero-order valence-electron chi connectivity index (χ0n) is 8.03. The smallest absolute Gasteiger partial charge is 0.0719 e. The van der Waals surface area contributed by atoms with E-state index in [0.717, 1.165) is 0 Å². The summed E-state index contributed by atoms with van der Waals surface area (Å²) in [5.74, 6) is 0. The highest BCUT2D eigenvalue weighted by Gasteiger charge is 2.66. The Morgan fingerprint density at radius 2 is 0.190 bits per heavy atom. The molecule has 0 unspecified atom stereocenters. The van der Waals surface area contributed by atoms with E-state index < -0.39 is 31.8 Å². The minimum atomic E-state index is -10.5. The van der Waals surface area contributed by atoms with Crippen LogP contribution >= 0.6 is 31.8 Å². The molecule has 0 nitrogen and oxygen atoms in total. The second-order valence-corrected chi connectivity index (χ2v) is 7.87. The zero-order chi connectivity index (χ0) is 19.2. The second-order valence-electron chi connectivity index (χ2n) is 2.62. The van der Waals surface area contributed by atoms with Gasteiger partial charge in [-0.1, -0.05) is 69.9 Å². The van der Waals surface area contributed by atoms with Crippen LogP contribution in [0.15, 0.2) is 0 Å². The third kappa shape index (κ3) is 142000. The van der Waals surface area contributed by atoms with Gasteiger partial charge in [-0.15, -0.1) is 0 Å². The Balaban J connectivity index is -0.000000231. The van der Waals surface area contributed by atoms with Gasteiger partial charge in [-0.3, -0.25) is 0 Å². The van der Waals surface area contributed by atoms with Crippen LogP contribution in [0.5, 0.6) is 0 Å². The minimum absolute atomic E-state index is 9.85. The molecule has 0 fully saturated rings. The van der Waals surface area contributed by atoms with E-state index in [-0.39, 0.29) is 0 Å². The highest BCUT2D eigenvalue weighted by atomic mass is 32.5. The largest absolute Gasteiger partial charge is 0.431 e. The fourth-order valence-corrected chi connectivity index (χ4v) is 0. The number of hydrogen-bond acceptors (Lipinski definition) is 0. The standard InChI is InChI=1S/3F6S/c3*1-7(2,3,4,5)6. The Morgan fingerprint density at radius 1 is 0.190 bits per heavy atom. The predicted octanol–water partition coefficient (Wildman–Crippen LogP) is 9.51. The Labute approximate surface area is 103 Å². The SMILES string of the molecule is FS(F)(F)(F)(F)F.FS(F)(F)(F)(F)F.FS(F)(F)(F)(F)F. The molecule has 21 heavy (non-hydrogen) atoms. The van der Waals surface area contributed by atoms with E-state index in [1.54, 1.807) is 0 Å². The van der Waals surface area contributed by atoms with Crippen molar-refractivity contribution in [1.29, 1.82) is 0 Å². The molecule has 0 rings (SSSR count). The van der Waals surface area contributed by atoms with Crippen LogP contribution < -0.4 is 0 Å². The molecule has 0 aliphatic rings. The van der Waals surface area contributed by atoms with Gasteiger partial charge in [0.1, 0.15) is 0 Å². The maximum atomic E-state index is 9.85. The van der Waals surface area contributed by atoms with Gasteiger partial charge >= 0.3 is 31.8 Å². The van der Waals surface area contributed by atoms with E-state index in [0.29, 0.717) is 0 Å². The van der Waals surface area contributed by atoms with E-state index in [4.69, 9.17) is 0 Å². The van der Waals surface area contributed by atoms with Crippen molar-refractivity contribution < 1.29 is 69.9 Å². The maximum absolute atomic E-state index is 10.5. The Bertz CT molecular complexity index is 260. The van der Waals surface area contributed by atoms with Crippen LogP contribution in [0.4, 0.5) is 69.9 Å². The van der Waals surface area contributed by atoms with Crippen LogP contribution in [-0.2, 0) is 0 Å². The van der Waals surface area contributed by atoms with Gasteiger partial charge in [0.25, 0.3) is 0 Å². The van der Waals surface area contributed by atoms with Gasteiger partial charge in [-0.2, -0.15) is 0 Å². The molecule has 0 N–H and O–H groups in total. The molecule has 0 aliphatic heterocycles. The van der Waals surface area contributed by atoms with Crippen LogP contribution in [0, 0.1) is 0 Å². The molecule has 0 saturated carbocycles. The summed E-state index contributed by atoms with van der Waals surface area (Å²) in [7, 11) is -31.4. The molecule has 0 aromatic carbocycles. The predicted molar refractivity (Wildman–Crippen MR) is 42.7 cm³/mol. The Kier molecular flexibility index (Phi) is 4.27. The van der Waals surface area contributed by atoms with E-state index >= 15 is 0 Å². The van der Waals surface area contributed by atoms with Crippen LogP contribution in [0.1, 0.15) is 0 Å². The quantitative estimate of drug-likeness (QED) is 0.331. The third-order valence-electron chi connectivity index (χ3n) is 0. The van der Waals surface area contributed by atoms with Crippen molar-refractivity contribution in [2.75, 3.05) is 0 Å². The molecule has 0 saturated heterocycles. The fourth-order valence-electron chi connectivity index (χ4n) is 0. The second kappa shape index (κ2) is 3.48. The van der Waals surface area contributed by atoms with Crippen LogP contribution in [0.2, 0.25) is 0 Å². The highest BCUT2D eigenvalue weighted by Crippen LogP contribution is 3.00. The summed E-state index contributed by atoms with van der Waals surface area (Å²) in [4.78, 5) is 0. The first-order chi connectivity index (χ1) is 7.35. The van der Waals surface area contributed by atoms with Gasteiger partial charge < -0.3 is 0 Å². The molecule has 21 heteroatoms. The summed E-state index contributed by atoms with van der Waals surface area (Å²) >= 11 is 0. The lowest BCUT2D eigenvalue weighted by molar-refractivity contribution is 0.287. The summed E-state index contributed by atoms with van der Waals surface area (Å²) in [6.07, 6.45) is 0. The molecule has 144 valence electrons. The van der Waals surface area contributed by atoms with Gasteiger partial charge in [0.05, 0.1) is 0 Å². The van der Waals surface area contributed by atoms with Crippen LogP contribution in [-0.4, -0.2) is 0 Å².